The van der Waals surface area contributed by atoms with E-state index in [1.165, 1.54) is 33.0 Å². The molecule has 1 unspecified atom stereocenters. The molecule has 1 aliphatic rings. The normalized spacial score (nSPS) is 17.2. The molecule has 0 spiro atoms. The van der Waals surface area contributed by atoms with E-state index in [0.717, 1.165) is 35.9 Å². The van der Waals surface area contributed by atoms with Crippen LogP contribution in [0, 0.1) is 0 Å². The van der Waals surface area contributed by atoms with Crippen molar-refractivity contribution >= 4 is 27.5 Å². The monoisotopic (exact) mass is 431 g/mol. The smallest absolute Gasteiger partial charge is 0.131 e. The molecule has 1 atom stereocenters. The van der Waals surface area contributed by atoms with E-state index in [-0.39, 0.29) is 11.2 Å². The highest BCUT2D eigenvalue weighted by molar-refractivity contribution is 6.03. The Kier molecular flexibility index (Phi) is 5.46. The maximum absolute atomic E-state index is 12.7. The predicted octanol–water partition coefficient (Wildman–Crippen LogP) is 7.94. The van der Waals surface area contributed by atoms with E-state index in [1.807, 2.05) is 12.1 Å². The molecule has 0 aliphatic heterocycles. The van der Waals surface area contributed by atoms with E-state index < -0.39 is 0 Å². The Morgan fingerprint density at radius 2 is 1.76 bits per heavy atom. The fourth-order valence-corrected chi connectivity index (χ4v) is 5.63. The summed E-state index contributed by atoms with van der Waals surface area (Å²) in [4.78, 5) is 17.9. The van der Waals surface area contributed by atoms with Gasteiger partial charge < -0.3 is 0 Å². The Morgan fingerprint density at radius 3 is 2.52 bits per heavy atom. The van der Waals surface area contributed by atoms with Crippen molar-refractivity contribution in [3.8, 4) is 11.3 Å². The number of carbonyl (C=O) groups excluding carboxylic acids is 1. The Bertz CT molecular complexity index is 1430. The third-order valence-corrected chi connectivity index (χ3v) is 7.15. The molecular weight excluding hydrogens is 402 g/mol. The molecule has 164 valence electrons. The van der Waals surface area contributed by atoms with E-state index in [9.17, 15) is 4.79 Å². The number of hydrogen-bond donors (Lipinski definition) is 0. The Morgan fingerprint density at radius 1 is 1.00 bits per heavy atom. The van der Waals surface area contributed by atoms with Gasteiger partial charge in [0.25, 0.3) is 0 Å². The third-order valence-electron chi connectivity index (χ3n) is 7.15. The first-order valence-corrected chi connectivity index (χ1v) is 11.8. The molecule has 5 rings (SSSR count). The number of carbonyl (C=O) groups is 1. The molecule has 0 fully saturated rings. The van der Waals surface area contributed by atoms with Crippen molar-refractivity contribution in [1.29, 1.82) is 0 Å². The van der Waals surface area contributed by atoms with Gasteiger partial charge in [0, 0.05) is 22.8 Å². The maximum Gasteiger partial charge on any atom is 0.131 e. The van der Waals surface area contributed by atoms with Crippen LogP contribution in [-0.4, -0.2) is 10.8 Å². The van der Waals surface area contributed by atoms with Gasteiger partial charge in [0.15, 0.2) is 0 Å². The molecule has 33 heavy (non-hydrogen) atoms. The maximum atomic E-state index is 12.7. The summed E-state index contributed by atoms with van der Waals surface area (Å²) in [5.41, 5.74) is 6.63. The number of benzene rings is 3. The van der Waals surface area contributed by atoms with Gasteiger partial charge in [0.05, 0.1) is 11.2 Å². The number of allylic oxidation sites excluding steroid dienone is 3. The fraction of sp³-hybridized carbons (Fsp3) is 0.226. The molecule has 0 amide bonds. The average molecular weight is 432 g/mol. The number of nitrogens with zero attached hydrogens (tertiary/aromatic N) is 1. The van der Waals surface area contributed by atoms with Crippen molar-refractivity contribution in [3.05, 3.63) is 102 Å². The van der Waals surface area contributed by atoms with Crippen LogP contribution in [0.25, 0.3) is 32.9 Å². The summed E-state index contributed by atoms with van der Waals surface area (Å²) < 4.78 is 0. The average Bonchev–Trinajstić information content (AvgIpc) is 3.09. The van der Waals surface area contributed by atoms with Crippen molar-refractivity contribution < 1.29 is 4.79 Å². The second-order valence-electron chi connectivity index (χ2n) is 9.16. The Labute approximate surface area is 195 Å². The lowest BCUT2D eigenvalue weighted by Crippen LogP contribution is -2.28. The van der Waals surface area contributed by atoms with E-state index in [0.29, 0.717) is 6.42 Å². The zero-order chi connectivity index (χ0) is 23.0. The molecule has 2 heteroatoms. The highest BCUT2D eigenvalue weighted by Crippen LogP contribution is 2.55. The second kappa shape index (κ2) is 8.44. The van der Waals surface area contributed by atoms with E-state index in [1.54, 1.807) is 6.92 Å². The van der Waals surface area contributed by atoms with Crippen LogP contribution >= 0.6 is 0 Å². The molecule has 0 radical (unpaired) electrons. The number of fused-ring (bicyclic) bond motifs is 6. The third kappa shape index (κ3) is 3.51. The SMILES string of the molecule is C=C/C=C(\CC)CCC1(CC(C)=O)c2cc3ccccc3nc2-c2c1ccc1ccccc21. The number of para-hydroxylation sites is 1. The van der Waals surface area contributed by atoms with E-state index in [2.05, 4.69) is 80.2 Å². The molecule has 4 aromatic rings. The summed E-state index contributed by atoms with van der Waals surface area (Å²) in [6.45, 7) is 7.80. The standard InChI is InChI=1S/C31H29NO/c1-4-10-22(5-2)17-18-31(20-21(3)33)26-16-15-23-11-6-8-13-25(23)29(26)30-27(31)19-24-12-7-9-14-28(24)32-30/h4,6-16,19H,1,5,17-18,20H2,2-3H3/b22-10+. The minimum Gasteiger partial charge on any atom is -0.300 e. The van der Waals surface area contributed by atoms with Crippen molar-refractivity contribution in [2.24, 2.45) is 0 Å². The predicted molar refractivity (Wildman–Crippen MR) is 139 cm³/mol. The molecule has 1 heterocycles. The van der Waals surface area contributed by atoms with Crippen LogP contribution in [0.4, 0.5) is 0 Å². The molecule has 0 saturated heterocycles. The summed E-state index contributed by atoms with van der Waals surface area (Å²) in [5, 5.41) is 3.54. The molecule has 1 aromatic heterocycles. The largest absolute Gasteiger partial charge is 0.300 e. The van der Waals surface area contributed by atoms with Crippen LogP contribution < -0.4 is 0 Å². The van der Waals surface area contributed by atoms with E-state index >= 15 is 0 Å². The van der Waals surface area contributed by atoms with Gasteiger partial charge in [-0.3, -0.25) is 4.79 Å². The van der Waals surface area contributed by atoms with Crippen molar-refractivity contribution in [2.45, 2.75) is 44.9 Å². The van der Waals surface area contributed by atoms with Gasteiger partial charge in [-0.1, -0.05) is 85.8 Å². The lowest BCUT2D eigenvalue weighted by atomic mass is 9.70. The topological polar surface area (TPSA) is 30.0 Å². The number of rotatable bonds is 7. The molecular formula is C31H29NO. The molecule has 0 N–H and O–H groups in total. The van der Waals surface area contributed by atoms with Gasteiger partial charge in [-0.2, -0.15) is 0 Å². The van der Waals surface area contributed by atoms with E-state index in [4.69, 9.17) is 4.98 Å². The summed E-state index contributed by atoms with van der Waals surface area (Å²) in [6.07, 6.45) is 7.26. The highest BCUT2D eigenvalue weighted by atomic mass is 16.1. The lowest BCUT2D eigenvalue weighted by Gasteiger charge is -2.32. The Balaban J connectivity index is 1.83. The van der Waals surface area contributed by atoms with Crippen LogP contribution in [0.2, 0.25) is 0 Å². The molecule has 1 aliphatic carbocycles. The van der Waals surface area contributed by atoms with Crippen molar-refractivity contribution in [3.63, 3.8) is 0 Å². The van der Waals surface area contributed by atoms with Gasteiger partial charge in [-0.15, -0.1) is 0 Å². The van der Waals surface area contributed by atoms with Gasteiger partial charge in [-0.25, -0.2) is 4.98 Å². The second-order valence-corrected chi connectivity index (χ2v) is 9.16. The van der Waals surface area contributed by atoms with Gasteiger partial charge in [0.1, 0.15) is 5.78 Å². The van der Waals surface area contributed by atoms with Crippen LogP contribution in [0.5, 0.6) is 0 Å². The molecule has 2 nitrogen and oxygen atoms in total. The minimum atomic E-state index is -0.382. The number of Topliss-reactive ketones (excluding diaryl/α,β-unsaturated/α-hetero) is 1. The van der Waals surface area contributed by atoms with Gasteiger partial charge >= 0.3 is 0 Å². The first kappa shape index (κ1) is 21.3. The summed E-state index contributed by atoms with van der Waals surface area (Å²) in [6, 6.07) is 23.6. The molecule has 3 aromatic carbocycles. The zero-order valence-electron chi connectivity index (χ0n) is 19.4. The van der Waals surface area contributed by atoms with Crippen molar-refractivity contribution in [2.75, 3.05) is 0 Å². The Hall–Kier alpha value is -3.52. The first-order chi connectivity index (χ1) is 16.1. The highest BCUT2D eigenvalue weighted by Gasteiger charge is 2.45. The van der Waals surface area contributed by atoms with Crippen LogP contribution in [0.3, 0.4) is 0 Å². The summed E-state index contributed by atoms with van der Waals surface area (Å²) in [5.74, 6) is 0.209. The molecule has 0 bridgehead atoms. The van der Waals surface area contributed by atoms with Crippen molar-refractivity contribution in [1.82, 2.24) is 4.98 Å². The zero-order valence-corrected chi connectivity index (χ0v) is 19.4. The quantitative estimate of drug-likeness (QED) is 0.278. The molecule has 0 saturated carbocycles. The van der Waals surface area contributed by atoms with Crippen LogP contribution in [-0.2, 0) is 10.2 Å². The first-order valence-electron chi connectivity index (χ1n) is 11.8. The number of aromatic nitrogens is 1. The summed E-state index contributed by atoms with van der Waals surface area (Å²) >= 11 is 0. The fourth-order valence-electron chi connectivity index (χ4n) is 5.63. The van der Waals surface area contributed by atoms with Crippen LogP contribution in [0.15, 0.2) is 91.0 Å². The van der Waals surface area contributed by atoms with Crippen LogP contribution in [0.1, 0.15) is 50.7 Å². The number of pyridine rings is 1. The van der Waals surface area contributed by atoms with Gasteiger partial charge in [-0.05, 0) is 60.2 Å². The summed E-state index contributed by atoms with van der Waals surface area (Å²) in [7, 11) is 0. The minimum absolute atomic E-state index is 0.209. The number of hydrogen-bond acceptors (Lipinski definition) is 2. The van der Waals surface area contributed by atoms with Gasteiger partial charge in [0.2, 0.25) is 0 Å². The number of ketones is 1. The lowest BCUT2D eigenvalue weighted by molar-refractivity contribution is -0.118.